The second-order valence-corrected chi connectivity index (χ2v) is 5.29. The topological polar surface area (TPSA) is 55.4 Å². The van der Waals surface area contributed by atoms with Gasteiger partial charge in [0.05, 0.1) is 23.6 Å². The summed E-state index contributed by atoms with van der Waals surface area (Å²) in [6.45, 7) is -0.0374. The summed E-state index contributed by atoms with van der Waals surface area (Å²) in [5.74, 6) is -0.0388. The molecule has 20 heavy (non-hydrogen) atoms. The Kier molecular flexibility index (Phi) is 4.76. The molecule has 1 amide bonds. The molecule has 0 aliphatic heterocycles. The van der Waals surface area contributed by atoms with Crippen molar-refractivity contribution >= 4 is 34.6 Å². The van der Waals surface area contributed by atoms with Gasteiger partial charge < -0.3 is 10.1 Å². The maximum Gasteiger partial charge on any atom is 0.251 e. The number of carbonyl (C=O) groups is 2. The fourth-order valence-electron chi connectivity index (χ4n) is 1.59. The van der Waals surface area contributed by atoms with Crippen LogP contribution in [-0.4, -0.2) is 25.3 Å². The Labute approximate surface area is 125 Å². The minimum absolute atomic E-state index is 0.0374. The average Bonchev–Trinajstić information content (AvgIpc) is 2.99. The van der Waals surface area contributed by atoms with Crippen LogP contribution in [0.25, 0.3) is 0 Å². The van der Waals surface area contributed by atoms with Gasteiger partial charge in [0.1, 0.15) is 5.75 Å². The van der Waals surface area contributed by atoms with Gasteiger partial charge in [0, 0.05) is 5.56 Å². The van der Waals surface area contributed by atoms with Gasteiger partial charge in [-0.25, -0.2) is 0 Å². The predicted molar refractivity (Wildman–Crippen MR) is 79.0 cm³/mol. The van der Waals surface area contributed by atoms with Gasteiger partial charge in [0.15, 0.2) is 5.78 Å². The summed E-state index contributed by atoms with van der Waals surface area (Å²) in [5, 5.41) is 4.83. The van der Waals surface area contributed by atoms with E-state index in [-0.39, 0.29) is 18.2 Å². The number of thiophene rings is 1. The van der Waals surface area contributed by atoms with Crippen LogP contribution in [0, 0.1) is 0 Å². The molecule has 2 rings (SSSR count). The van der Waals surface area contributed by atoms with Gasteiger partial charge in [-0.1, -0.05) is 17.7 Å². The fourth-order valence-corrected chi connectivity index (χ4v) is 2.45. The molecule has 104 valence electrons. The van der Waals surface area contributed by atoms with Crippen LogP contribution in [0.15, 0.2) is 35.7 Å². The number of amides is 1. The Morgan fingerprint density at radius 2 is 2.15 bits per heavy atom. The van der Waals surface area contributed by atoms with Crippen molar-refractivity contribution in [1.29, 1.82) is 0 Å². The smallest absolute Gasteiger partial charge is 0.251 e. The molecule has 0 unspecified atom stereocenters. The molecule has 1 N–H and O–H groups in total. The minimum Gasteiger partial charge on any atom is -0.495 e. The number of carbonyl (C=O) groups excluding carboxylic acids is 2. The number of Topliss-reactive ketones (excluding diaryl/α,β-unsaturated/α-hetero) is 1. The van der Waals surface area contributed by atoms with E-state index in [4.69, 9.17) is 16.3 Å². The van der Waals surface area contributed by atoms with Crippen molar-refractivity contribution in [2.75, 3.05) is 13.7 Å². The number of nitrogens with one attached hydrogen (secondary N) is 1. The predicted octanol–water partition coefficient (Wildman–Crippen LogP) is 3.02. The molecule has 1 aromatic carbocycles. The molecule has 1 heterocycles. The molecule has 0 aliphatic rings. The molecule has 0 bridgehead atoms. The zero-order valence-electron chi connectivity index (χ0n) is 10.7. The Morgan fingerprint density at radius 3 is 2.80 bits per heavy atom. The van der Waals surface area contributed by atoms with Gasteiger partial charge in [-0.3, -0.25) is 9.59 Å². The highest BCUT2D eigenvalue weighted by atomic mass is 35.5. The molecule has 6 heteroatoms. The molecule has 0 fully saturated rings. The Balaban J connectivity index is 2.00. The molecule has 4 nitrogen and oxygen atoms in total. The van der Waals surface area contributed by atoms with Crippen LogP contribution in [0.2, 0.25) is 5.02 Å². The van der Waals surface area contributed by atoms with Crippen molar-refractivity contribution < 1.29 is 14.3 Å². The molecular formula is C14H12ClNO3S. The summed E-state index contributed by atoms with van der Waals surface area (Å²) in [7, 11) is 1.48. The monoisotopic (exact) mass is 309 g/mol. The maximum absolute atomic E-state index is 11.9. The van der Waals surface area contributed by atoms with Gasteiger partial charge in [0.2, 0.25) is 0 Å². The number of ketones is 1. The number of halogens is 1. The van der Waals surface area contributed by atoms with Crippen LogP contribution in [0.1, 0.15) is 20.0 Å². The van der Waals surface area contributed by atoms with Gasteiger partial charge >= 0.3 is 0 Å². The van der Waals surface area contributed by atoms with Crippen LogP contribution in [-0.2, 0) is 0 Å². The summed E-state index contributed by atoms with van der Waals surface area (Å²) in [4.78, 5) is 24.3. The van der Waals surface area contributed by atoms with E-state index in [1.165, 1.54) is 24.5 Å². The van der Waals surface area contributed by atoms with Crippen LogP contribution >= 0.6 is 22.9 Å². The lowest BCUT2D eigenvalue weighted by atomic mass is 10.2. The molecule has 0 aliphatic carbocycles. The average molecular weight is 310 g/mol. The fraction of sp³-hybridized carbons (Fsp3) is 0.143. The molecule has 1 aromatic heterocycles. The lowest BCUT2D eigenvalue weighted by Gasteiger charge is -2.07. The van der Waals surface area contributed by atoms with E-state index >= 15 is 0 Å². The molecule has 0 saturated carbocycles. The second-order valence-electron chi connectivity index (χ2n) is 3.93. The third kappa shape index (κ3) is 3.37. The highest BCUT2D eigenvalue weighted by Crippen LogP contribution is 2.24. The number of benzene rings is 1. The maximum atomic E-state index is 11.9. The zero-order valence-corrected chi connectivity index (χ0v) is 12.3. The van der Waals surface area contributed by atoms with E-state index in [9.17, 15) is 9.59 Å². The molecule has 0 radical (unpaired) electrons. The van der Waals surface area contributed by atoms with Crippen molar-refractivity contribution in [3.05, 3.63) is 51.2 Å². The van der Waals surface area contributed by atoms with Crippen LogP contribution in [0.3, 0.4) is 0 Å². The summed E-state index contributed by atoms with van der Waals surface area (Å²) >= 11 is 7.23. The van der Waals surface area contributed by atoms with Crippen molar-refractivity contribution in [1.82, 2.24) is 5.32 Å². The first-order valence-electron chi connectivity index (χ1n) is 5.80. The lowest BCUT2D eigenvalue weighted by molar-refractivity contribution is 0.0905. The normalized spacial score (nSPS) is 10.1. The molecule has 2 aromatic rings. The number of hydrogen-bond acceptors (Lipinski definition) is 4. The first-order valence-corrected chi connectivity index (χ1v) is 7.06. The summed E-state index contributed by atoms with van der Waals surface area (Å²) < 4.78 is 5.04. The van der Waals surface area contributed by atoms with E-state index in [0.29, 0.717) is 21.2 Å². The second kappa shape index (κ2) is 6.54. The van der Waals surface area contributed by atoms with Gasteiger partial charge in [-0.05, 0) is 29.6 Å². The molecule has 0 atom stereocenters. The number of rotatable bonds is 5. The SMILES string of the molecule is COc1cc(C(=O)NCC(=O)c2cccs2)ccc1Cl. The van der Waals surface area contributed by atoms with E-state index in [2.05, 4.69) is 5.32 Å². The summed E-state index contributed by atoms with van der Waals surface area (Å²) in [6, 6.07) is 8.22. The standard InChI is InChI=1S/C14H12ClNO3S/c1-19-12-7-9(4-5-10(12)15)14(18)16-8-11(17)13-3-2-6-20-13/h2-7H,8H2,1H3,(H,16,18). The quantitative estimate of drug-likeness (QED) is 0.864. The zero-order chi connectivity index (χ0) is 14.5. The van der Waals surface area contributed by atoms with Crippen LogP contribution in [0.4, 0.5) is 0 Å². The summed E-state index contributed by atoms with van der Waals surface area (Å²) in [6.07, 6.45) is 0. The molecule has 0 spiro atoms. The van der Waals surface area contributed by atoms with E-state index in [1.807, 2.05) is 5.38 Å². The van der Waals surface area contributed by atoms with Crippen LogP contribution < -0.4 is 10.1 Å². The van der Waals surface area contributed by atoms with Gasteiger partial charge in [-0.2, -0.15) is 0 Å². The number of methoxy groups -OCH3 is 1. The lowest BCUT2D eigenvalue weighted by Crippen LogP contribution is -2.29. The first-order chi connectivity index (χ1) is 9.61. The van der Waals surface area contributed by atoms with Gasteiger partial charge in [-0.15, -0.1) is 11.3 Å². The summed E-state index contributed by atoms with van der Waals surface area (Å²) in [5.41, 5.74) is 0.394. The van der Waals surface area contributed by atoms with E-state index in [0.717, 1.165) is 0 Å². The Bertz CT molecular complexity index is 625. The highest BCUT2D eigenvalue weighted by Gasteiger charge is 2.12. The molecular weight excluding hydrogens is 298 g/mol. The Hall–Kier alpha value is -1.85. The van der Waals surface area contributed by atoms with E-state index < -0.39 is 0 Å². The third-order valence-electron chi connectivity index (χ3n) is 2.62. The Morgan fingerprint density at radius 1 is 1.35 bits per heavy atom. The minimum atomic E-state index is -0.343. The van der Waals surface area contributed by atoms with E-state index in [1.54, 1.807) is 24.3 Å². The largest absolute Gasteiger partial charge is 0.495 e. The van der Waals surface area contributed by atoms with Crippen molar-refractivity contribution in [2.24, 2.45) is 0 Å². The number of ether oxygens (including phenoxy) is 1. The van der Waals surface area contributed by atoms with Crippen molar-refractivity contribution in [3.8, 4) is 5.75 Å². The first kappa shape index (κ1) is 14.6. The molecule has 0 saturated heterocycles. The van der Waals surface area contributed by atoms with Gasteiger partial charge in [0.25, 0.3) is 5.91 Å². The van der Waals surface area contributed by atoms with Crippen molar-refractivity contribution in [3.63, 3.8) is 0 Å². The third-order valence-corrected chi connectivity index (χ3v) is 3.84. The van der Waals surface area contributed by atoms with Crippen LogP contribution in [0.5, 0.6) is 5.75 Å². The highest BCUT2D eigenvalue weighted by molar-refractivity contribution is 7.12. The number of hydrogen-bond donors (Lipinski definition) is 1. The van der Waals surface area contributed by atoms with Crippen molar-refractivity contribution in [2.45, 2.75) is 0 Å².